The van der Waals surface area contributed by atoms with Crippen LogP contribution < -0.4 is 10.2 Å². The number of rotatable bonds is 9. The van der Waals surface area contributed by atoms with Crippen LogP contribution in [-0.2, 0) is 12.2 Å². The minimum atomic E-state index is 0.0274. The van der Waals surface area contributed by atoms with Crippen LogP contribution in [0.2, 0.25) is 0 Å². The van der Waals surface area contributed by atoms with E-state index in [-0.39, 0.29) is 5.91 Å². The fraction of sp³-hybridized carbons (Fsp3) is 0.476. The summed E-state index contributed by atoms with van der Waals surface area (Å²) >= 11 is 1.64. The number of carbonyl (C=O) groups is 1. The Morgan fingerprint density at radius 3 is 2.44 bits per heavy atom. The van der Waals surface area contributed by atoms with Crippen molar-refractivity contribution >= 4 is 23.5 Å². The Balaban J connectivity index is 1.64. The Hall–Kier alpha value is -2.08. The van der Waals surface area contributed by atoms with Gasteiger partial charge in [0, 0.05) is 42.2 Å². The zero-order valence-corrected chi connectivity index (χ0v) is 17.2. The summed E-state index contributed by atoms with van der Waals surface area (Å²) in [4.78, 5) is 23.7. The van der Waals surface area contributed by atoms with Gasteiger partial charge in [-0.15, -0.1) is 0 Å². The molecule has 0 atom stereocenters. The third-order valence-electron chi connectivity index (χ3n) is 4.69. The first-order valence-corrected chi connectivity index (χ1v) is 10.8. The van der Waals surface area contributed by atoms with E-state index in [4.69, 9.17) is 4.98 Å². The molecule has 1 saturated carbocycles. The second-order valence-electron chi connectivity index (χ2n) is 6.76. The first-order chi connectivity index (χ1) is 13.1. The molecule has 6 heteroatoms. The normalized spacial score (nSPS) is 13.4. The van der Waals surface area contributed by atoms with Crippen molar-refractivity contribution in [2.24, 2.45) is 0 Å². The molecule has 0 bridgehead atoms. The third-order valence-corrected chi connectivity index (χ3v) is 5.61. The van der Waals surface area contributed by atoms with E-state index in [1.165, 1.54) is 0 Å². The van der Waals surface area contributed by atoms with Crippen molar-refractivity contribution in [1.29, 1.82) is 0 Å². The maximum atomic E-state index is 12.1. The van der Waals surface area contributed by atoms with Crippen LogP contribution in [0.4, 0.5) is 5.82 Å². The molecule has 144 valence electrons. The molecule has 1 aromatic carbocycles. The summed E-state index contributed by atoms with van der Waals surface area (Å²) in [5, 5.41) is 3.83. The number of aromatic nitrogens is 2. The molecular formula is C21H28N4OS. The lowest BCUT2D eigenvalue weighted by molar-refractivity contribution is 0.0951. The van der Waals surface area contributed by atoms with E-state index in [2.05, 4.69) is 42.0 Å². The van der Waals surface area contributed by atoms with Gasteiger partial charge < -0.3 is 10.2 Å². The standard InChI is InChI=1S/C21H28N4OS/c1-4-17-13-19(25(5-2)6-3)24-21(23-17)27-14-15-7-9-16(10-8-15)20(26)22-18-11-12-18/h7-10,13,18H,4-6,11-12,14H2,1-3H3,(H,22,26). The van der Waals surface area contributed by atoms with E-state index in [0.717, 1.165) is 65.9 Å². The van der Waals surface area contributed by atoms with Gasteiger partial charge in [0.25, 0.3) is 5.91 Å². The summed E-state index contributed by atoms with van der Waals surface area (Å²) < 4.78 is 0. The average molecular weight is 385 g/mol. The van der Waals surface area contributed by atoms with Gasteiger partial charge in [-0.1, -0.05) is 30.8 Å². The first-order valence-electron chi connectivity index (χ1n) is 9.78. The molecule has 1 fully saturated rings. The quantitative estimate of drug-likeness (QED) is 0.522. The van der Waals surface area contributed by atoms with Crippen molar-refractivity contribution < 1.29 is 4.79 Å². The van der Waals surface area contributed by atoms with Crippen molar-refractivity contribution in [1.82, 2.24) is 15.3 Å². The number of aryl methyl sites for hydroxylation is 1. The second kappa shape index (κ2) is 9.22. The van der Waals surface area contributed by atoms with E-state index < -0.39 is 0 Å². The molecule has 1 amide bonds. The minimum Gasteiger partial charge on any atom is -0.357 e. The number of hydrogen-bond donors (Lipinski definition) is 1. The molecule has 27 heavy (non-hydrogen) atoms. The Morgan fingerprint density at radius 2 is 1.85 bits per heavy atom. The molecule has 0 radical (unpaired) electrons. The van der Waals surface area contributed by atoms with Gasteiger partial charge >= 0.3 is 0 Å². The third kappa shape index (κ3) is 5.45. The average Bonchev–Trinajstić information content (AvgIpc) is 3.51. The van der Waals surface area contributed by atoms with Gasteiger partial charge in [-0.05, 0) is 50.8 Å². The number of nitrogens with one attached hydrogen (secondary N) is 1. The lowest BCUT2D eigenvalue weighted by Gasteiger charge is -2.20. The van der Waals surface area contributed by atoms with Crippen molar-refractivity contribution in [3.8, 4) is 0 Å². The predicted octanol–water partition coefficient (Wildman–Crippen LogP) is 4.07. The van der Waals surface area contributed by atoms with Gasteiger partial charge in [0.05, 0.1) is 0 Å². The number of carbonyl (C=O) groups excluding carboxylic acids is 1. The number of benzene rings is 1. The van der Waals surface area contributed by atoms with Crippen LogP contribution >= 0.6 is 11.8 Å². The van der Waals surface area contributed by atoms with Gasteiger partial charge in [0.15, 0.2) is 5.16 Å². The van der Waals surface area contributed by atoms with Crippen LogP contribution in [-0.4, -0.2) is 35.0 Å². The lowest BCUT2D eigenvalue weighted by atomic mass is 10.1. The Labute approximate surface area is 166 Å². The topological polar surface area (TPSA) is 58.1 Å². The Bertz CT molecular complexity index is 770. The van der Waals surface area contributed by atoms with Crippen molar-refractivity contribution in [3.05, 3.63) is 47.2 Å². The molecule has 0 unspecified atom stereocenters. The molecule has 1 aromatic heterocycles. The summed E-state index contributed by atoms with van der Waals surface area (Å²) in [6, 6.07) is 10.3. The Morgan fingerprint density at radius 1 is 1.15 bits per heavy atom. The monoisotopic (exact) mass is 384 g/mol. The maximum absolute atomic E-state index is 12.1. The van der Waals surface area contributed by atoms with E-state index in [1.54, 1.807) is 11.8 Å². The van der Waals surface area contributed by atoms with Crippen LogP contribution in [0.15, 0.2) is 35.5 Å². The van der Waals surface area contributed by atoms with Gasteiger partial charge in [0.2, 0.25) is 0 Å². The lowest BCUT2D eigenvalue weighted by Crippen LogP contribution is -2.25. The first kappa shape index (κ1) is 19.7. The smallest absolute Gasteiger partial charge is 0.251 e. The van der Waals surface area contributed by atoms with Gasteiger partial charge in [-0.3, -0.25) is 4.79 Å². The number of hydrogen-bond acceptors (Lipinski definition) is 5. The molecule has 0 aliphatic heterocycles. The second-order valence-corrected chi connectivity index (χ2v) is 7.70. The van der Waals surface area contributed by atoms with Crippen molar-refractivity contribution in [2.45, 2.75) is 57.0 Å². The molecule has 2 aromatic rings. The zero-order valence-electron chi connectivity index (χ0n) is 16.4. The van der Waals surface area contributed by atoms with Crippen LogP contribution in [0.1, 0.15) is 55.2 Å². The highest BCUT2D eigenvalue weighted by molar-refractivity contribution is 7.98. The summed E-state index contributed by atoms with van der Waals surface area (Å²) in [5.41, 5.74) is 2.96. The molecule has 1 aliphatic rings. The van der Waals surface area contributed by atoms with Crippen LogP contribution in [0.3, 0.4) is 0 Å². The van der Waals surface area contributed by atoms with Gasteiger partial charge in [-0.2, -0.15) is 0 Å². The number of nitrogens with zero attached hydrogens (tertiary/aromatic N) is 3. The molecule has 1 N–H and O–H groups in total. The molecule has 0 spiro atoms. The van der Waals surface area contributed by atoms with Crippen molar-refractivity contribution in [2.75, 3.05) is 18.0 Å². The highest BCUT2D eigenvalue weighted by Crippen LogP contribution is 2.24. The molecular weight excluding hydrogens is 356 g/mol. The van der Waals surface area contributed by atoms with E-state index >= 15 is 0 Å². The minimum absolute atomic E-state index is 0.0274. The number of anilines is 1. The Kier molecular flexibility index (Phi) is 6.72. The van der Waals surface area contributed by atoms with E-state index in [1.807, 2.05) is 24.3 Å². The van der Waals surface area contributed by atoms with Crippen molar-refractivity contribution in [3.63, 3.8) is 0 Å². The highest BCUT2D eigenvalue weighted by Gasteiger charge is 2.23. The molecule has 1 heterocycles. The largest absolute Gasteiger partial charge is 0.357 e. The fourth-order valence-electron chi connectivity index (χ4n) is 2.81. The SMILES string of the molecule is CCc1cc(N(CC)CC)nc(SCc2ccc(C(=O)NC3CC3)cc2)n1. The molecule has 1 aliphatic carbocycles. The van der Waals surface area contributed by atoms with E-state index in [0.29, 0.717) is 6.04 Å². The van der Waals surface area contributed by atoms with Crippen LogP contribution in [0.5, 0.6) is 0 Å². The maximum Gasteiger partial charge on any atom is 0.251 e. The molecule has 0 saturated heterocycles. The summed E-state index contributed by atoms with van der Waals surface area (Å²) in [6.07, 6.45) is 3.11. The summed E-state index contributed by atoms with van der Waals surface area (Å²) in [5.74, 6) is 1.82. The predicted molar refractivity (Wildman–Crippen MR) is 111 cm³/mol. The summed E-state index contributed by atoms with van der Waals surface area (Å²) in [6.45, 7) is 8.28. The van der Waals surface area contributed by atoms with Crippen LogP contribution in [0.25, 0.3) is 0 Å². The highest BCUT2D eigenvalue weighted by atomic mass is 32.2. The fourth-order valence-corrected chi connectivity index (χ4v) is 3.64. The zero-order chi connectivity index (χ0) is 19.2. The van der Waals surface area contributed by atoms with E-state index in [9.17, 15) is 4.79 Å². The van der Waals surface area contributed by atoms with Gasteiger partial charge in [-0.25, -0.2) is 9.97 Å². The molecule has 3 rings (SSSR count). The number of thioether (sulfide) groups is 1. The van der Waals surface area contributed by atoms with Gasteiger partial charge in [0.1, 0.15) is 5.82 Å². The molecule has 5 nitrogen and oxygen atoms in total. The number of amides is 1. The summed E-state index contributed by atoms with van der Waals surface area (Å²) in [7, 11) is 0. The van der Waals surface area contributed by atoms with Crippen LogP contribution in [0, 0.1) is 0 Å².